The van der Waals surface area contributed by atoms with Crippen LogP contribution in [0.3, 0.4) is 0 Å². The van der Waals surface area contributed by atoms with Crippen molar-refractivity contribution in [1.82, 2.24) is 4.90 Å². The fourth-order valence-corrected chi connectivity index (χ4v) is 3.29. The topological polar surface area (TPSA) is 3.24 Å². The second kappa shape index (κ2) is 6.55. The molecule has 0 amide bonds. The lowest BCUT2D eigenvalue weighted by atomic mass is 9.97. The van der Waals surface area contributed by atoms with Gasteiger partial charge in [-0.15, -0.1) is 0 Å². The Morgan fingerprint density at radius 3 is 2.20 bits per heavy atom. The lowest BCUT2D eigenvalue weighted by Gasteiger charge is -2.28. The van der Waals surface area contributed by atoms with E-state index in [2.05, 4.69) is 75.4 Å². The van der Waals surface area contributed by atoms with E-state index in [4.69, 9.17) is 0 Å². The van der Waals surface area contributed by atoms with Gasteiger partial charge in [-0.25, -0.2) is 0 Å². The van der Waals surface area contributed by atoms with E-state index in [9.17, 15) is 0 Å². The second-order valence-corrected chi connectivity index (χ2v) is 6.42. The average Bonchev–Trinajstić information content (AvgIpc) is 3.01. The molecule has 2 aromatic rings. The van der Waals surface area contributed by atoms with E-state index >= 15 is 0 Å². The fourth-order valence-electron chi connectivity index (χ4n) is 3.03. The molecule has 3 rings (SSSR count). The van der Waals surface area contributed by atoms with Gasteiger partial charge >= 0.3 is 0 Å². The highest BCUT2D eigenvalue weighted by Gasteiger charge is 2.23. The molecule has 2 heteroatoms. The molecular weight excluding hydrogens is 310 g/mol. The number of rotatable bonds is 4. The van der Waals surface area contributed by atoms with Gasteiger partial charge in [0.2, 0.25) is 0 Å². The van der Waals surface area contributed by atoms with Crippen LogP contribution < -0.4 is 0 Å². The van der Waals surface area contributed by atoms with Crippen LogP contribution in [0.25, 0.3) is 0 Å². The highest BCUT2D eigenvalue weighted by molar-refractivity contribution is 9.10. The Balaban J connectivity index is 1.83. The maximum Gasteiger partial charge on any atom is 0.0388 e. The Bertz CT molecular complexity index is 529. The molecule has 0 saturated carbocycles. The van der Waals surface area contributed by atoms with Gasteiger partial charge in [0.25, 0.3) is 0 Å². The SMILES string of the molecule is Brc1ccc(C[C@H](c2ccccc2)N2CCCC2)cc1. The Morgan fingerprint density at radius 1 is 0.900 bits per heavy atom. The van der Waals surface area contributed by atoms with E-state index in [-0.39, 0.29) is 0 Å². The summed E-state index contributed by atoms with van der Waals surface area (Å²) < 4.78 is 1.15. The van der Waals surface area contributed by atoms with Gasteiger partial charge in [-0.1, -0.05) is 58.4 Å². The minimum absolute atomic E-state index is 0.514. The van der Waals surface area contributed by atoms with E-state index in [0.717, 1.165) is 10.9 Å². The van der Waals surface area contributed by atoms with Crippen molar-refractivity contribution in [1.29, 1.82) is 0 Å². The summed E-state index contributed by atoms with van der Waals surface area (Å²) in [5.41, 5.74) is 2.85. The molecule has 0 N–H and O–H groups in total. The van der Waals surface area contributed by atoms with Crippen molar-refractivity contribution in [3.63, 3.8) is 0 Å². The molecule has 1 fully saturated rings. The highest BCUT2D eigenvalue weighted by Crippen LogP contribution is 2.28. The molecule has 1 nitrogen and oxygen atoms in total. The summed E-state index contributed by atoms with van der Waals surface area (Å²) in [6, 6.07) is 20.2. The number of benzene rings is 2. The van der Waals surface area contributed by atoms with E-state index in [1.165, 1.54) is 37.1 Å². The third-order valence-corrected chi connectivity index (χ3v) is 4.64. The third-order valence-electron chi connectivity index (χ3n) is 4.11. The molecule has 0 aromatic heterocycles. The van der Waals surface area contributed by atoms with Gasteiger partial charge in [-0.2, -0.15) is 0 Å². The average molecular weight is 330 g/mol. The van der Waals surface area contributed by atoms with Crippen LogP contribution in [0.1, 0.15) is 30.0 Å². The van der Waals surface area contributed by atoms with E-state index < -0.39 is 0 Å². The van der Waals surface area contributed by atoms with Crippen LogP contribution in [0, 0.1) is 0 Å². The van der Waals surface area contributed by atoms with Gasteiger partial charge < -0.3 is 0 Å². The Hall–Kier alpha value is -1.12. The van der Waals surface area contributed by atoms with Gasteiger partial charge in [0.05, 0.1) is 0 Å². The van der Waals surface area contributed by atoms with Crippen LogP contribution in [0.4, 0.5) is 0 Å². The second-order valence-electron chi connectivity index (χ2n) is 5.50. The van der Waals surface area contributed by atoms with Crippen LogP contribution in [0.2, 0.25) is 0 Å². The molecule has 0 radical (unpaired) electrons. The number of nitrogens with zero attached hydrogens (tertiary/aromatic N) is 1. The van der Waals surface area contributed by atoms with Crippen molar-refractivity contribution in [2.45, 2.75) is 25.3 Å². The van der Waals surface area contributed by atoms with Gasteiger partial charge in [0.1, 0.15) is 0 Å². The van der Waals surface area contributed by atoms with E-state index in [1.54, 1.807) is 0 Å². The van der Waals surface area contributed by atoms with Crippen LogP contribution in [0.5, 0.6) is 0 Å². The smallest absolute Gasteiger partial charge is 0.0388 e. The third kappa shape index (κ3) is 3.31. The molecule has 1 saturated heterocycles. The molecule has 1 aliphatic heterocycles. The number of hydrogen-bond donors (Lipinski definition) is 0. The van der Waals surface area contributed by atoms with Crippen molar-refractivity contribution in [2.75, 3.05) is 13.1 Å². The predicted octanol–water partition coefficient (Wildman–Crippen LogP) is 4.83. The molecular formula is C18H20BrN. The number of likely N-dealkylation sites (tertiary alicyclic amines) is 1. The number of hydrogen-bond acceptors (Lipinski definition) is 1. The molecule has 0 spiro atoms. The fraction of sp³-hybridized carbons (Fsp3) is 0.333. The van der Waals surface area contributed by atoms with Crippen molar-refractivity contribution >= 4 is 15.9 Å². The molecule has 20 heavy (non-hydrogen) atoms. The summed E-state index contributed by atoms with van der Waals surface area (Å²) >= 11 is 3.51. The van der Waals surface area contributed by atoms with Crippen molar-refractivity contribution in [2.24, 2.45) is 0 Å². The molecule has 1 aliphatic rings. The summed E-state index contributed by atoms with van der Waals surface area (Å²) in [7, 11) is 0. The molecule has 0 unspecified atom stereocenters. The first-order chi connectivity index (χ1) is 9.83. The molecule has 2 aromatic carbocycles. The van der Waals surface area contributed by atoms with E-state index in [1.807, 2.05) is 0 Å². The first kappa shape index (κ1) is 13.8. The minimum Gasteiger partial charge on any atom is -0.296 e. The zero-order valence-corrected chi connectivity index (χ0v) is 13.2. The van der Waals surface area contributed by atoms with E-state index in [0.29, 0.717) is 6.04 Å². The molecule has 1 atom stereocenters. The monoisotopic (exact) mass is 329 g/mol. The highest BCUT2D eigenvalue weighted by atomic mass is 79.9. The Kier molecular flexibility index (Phi) is 4.54. The van der Waals surface area contributed by atoms with Crippen LogP contribution in [0.15, 0.2) is 59.1 Å². The van der Waals surface area contributed by atoms with Gasteiger partial charge in [-0.05, 0) is 55.6 Å². The lowest BCUT2D eigenvalue weighted by molar-refractivity contribution is 0.244. The summed E-state index contributed by atoms with van der Waals surface area (Å²) in [6.45, 7) is 2.46. The normalized spacial score (nSPS) is 17.2. The quantitative estimate of drug-likeness (QED) is 0.776. The molecule has 0 aliphatic carbocycles. The van der Waals surface area contributed by atoms with Crippen molar-refractivity contribution < 1.29 is 0 Å². The number of halogens is 1. The first-order valence-corrected chi connectivity index (χ1v) is 8.16. The summed E-state index contributed by atoms with van der Waals surface area (Å²) in [4.78, 5) is 2.64. The Labute approximate surface area is 129 Å². The van der Waals surface area contributed by atoms with Crippen LogP contribution in [-0.2, 0) is 6.42 Å². The van der Waals surface area contributed by atoms with Crippen molar-refractivity contribution in [3.8, 4) is 0 Å². The summed E-state index contributed by atoms with van der Waals surface area (Å²) in [5, 5.41) is 0. The lowest BCUT2D eigenvalue weighted by Crippen LogP contribution is -2.27. The summed E-state index contributed by atoms with van der Waals surface area (Å²) in [5.74, 6) is 0. The largest absolute Gasteiger partial charge is 0.296 e. The van der Waals surface area contributed by atoms with Gasteiger partial charge in [0, 0.05) is 10.5 Å². The minimum atomic E-state index is 0.514. The van der Waals surface area contributed by atoms with Gasteiger partial charge in [0.15, 0.2) is 0 Å². The molecule has 0 bridgehead atoms. The molecule has 104 valence electrons. The zero-order chi connectivity index (χ0) is 13.8. The first-order valence-electron chi connectivity index (χ1n) is 7.36. The zero-order valence-electron chi connectivity index (χ0n) is 11.6. The standard InChI is InChI=1S/C18H20BrN/c19-17-10-8-15(9-11-17)14-18(20-12-4-5-13-20)16-6-2-1-3-7-16/h1-3,6-11,18H,4-5,12-14H2/t18-/m1/s1. The van der Waals surface area contributed by atoms with Crippen LogP contribution in [-0.4, -0.2) is 18.0 Å². The van der Waals surface area contributed by atoms with Crippen molar-refractivity contribution in [3.05, 3.63) is 70.2 Å². The molecule has 1 heterocycles. The maximum absolute atomic E-state index is 3.51. The summed E-state index contributed by atoms with van der Waals surface area (Å²) in [6.07, 6.45) is 3.77. The van der Waals surface area contributed by atoms with Gasteiger partial charge in [-0.3, -0.25) is 4.90 Å². The maximum atomic E-state index is 3.51. The predicted molar refractivity (Wildman–Crippen MR) is 87.8 cm³/mol. The Morgan fingerprint density at radius 2 is 1.55 bits per heavy atom. The van der Waals surface area contributed by atoms with Crippen LogP contribution >= 0.6 is 15.9 Å².